The van der Waals surface area contributed by atoms with Crippen LogP contribution >= 0.6 is 0 Å². The van der Waals surface area contributed by atoms with Crippen LogP contribution in [-0.4, -0.2) is 11.7 Å². The molecule has 0 aliphatic rings. The van der Waals surface area contributed by atoms with E-state index >= 15 is 0 Å². The number of aromatic nitrogens is 1. The molecule has 1 heterocycles. The summed E-state index contributed by atoms with van der Waals surface area (Å²) in [5.41, 5.74) is 1.87. The summed E-state index contributed by atoms with van der Waals surface area (Å²) in [4.78, 5) is 0. The van der Waals surface area contributed by atoms with Gasteiger partial charge in [0.2, 0.25) is 0 Å². The van der Waals surface area contributed by atoms with Gasteiger partial charge in [0, 0.05) is 11.6 Å². The molecule has 1 atom stereocenters. The summed E-state index contributed by atoms with van der Waals surface area (Å²) in [7, 11) is 0. The van der Waals surface area contributed by atoms with Crippen LogP contribution in [-0.2, 0) is 0 Å². The van der Waals surface area contributed by atoms with E-state index in [1.807, 2.05) is 27.7 Å². The Morgan fingerprint density at radius 1 is 1.44 bits per heavy atom. The van der Waals surface area contributed by atoms with Crippen LogP contribution in [0.1, 0.15) is 56.7 Å². The SMILES string of the molecule is Cc1noc(C)c1C(C)NCCCC(C)(C)C#N. The third kappa shape index (κ3) is 3.85. The van der Waals surface area contributed by atoms with Gasteiger partial charge in [-0.25, -0.2) is 0 Å². The minimum absolute atomic E-state index is 0.228. The molecule has 0 amide bonds. The van der Waals surface area contributed by atoms with Crippen molar-refractivity contribution in [3.63, 3.8) is 0 Å². The van der Waals surface area contributed by atoms with Crippen LogP contribution in [0.4, 0.5) is 0 Å². The van der Waals surface area contributed by atoms with E-state index in [-0.39, 0.29) is 11.5 Å². The topological polar surface area (TPSA) is 61.9 Å². The molecule has 0 aliphatic heterocycles. The number of nitrogens with one attached hydrogen (secondary N) is 1. The minimum atomic E-state index is -0.228. The number of hydrogen-bond donors (Lipinski definition) is 1. The lowest BCUT2D eigenvalue weighted by molar-refractivity contribution is 0.389. The quantitative estimate of drug-likeness (QED) is 0.786. The van der Waals surface area contributed by atoms with E-state index < -0.39 is 0 Å². The summed E-state index contributed by atoms with van der Waals surface area (Å²) in [6, 6.07) is 2.56. The highest BCUT2D eigenvalue weighted by atomic mass is 16.5. The molecule has 0 saturated heterocycles. The Bertz CT molecular complexity index is 409. The Morgan fingerprint density at radius 3 is 2.61 bits per heavy atom. The van der Waals surface area contributed by atoms with E-state index in [1.165, 1.54) is 0 Å². The van der Waals surface area contributed by atoms with Crippen LogP contribution in [0.5, 0.6) is 0 Å². The van der Waals surface area contributed by atoms with Gasteiger partial charge in [0.25, 0.3) is 0 Å². The van der Waals surface area contributed by atoms with Crippen molar-refractivity contribution in [1.82, 2.24) is 10.5 Å². The Morgan fingerprint density at radius 2 is 2.11 bits per heavy atom. The van der Waals surface area contributed by atoms with Crippen LogP contribution < -0.4 is 5.32 Å². The van der Waals surface area contributed by atoms with E-state index in [0.717, 1.165) is 36.4 Å². The number of nitriles is 1. The first-order chi connectivity index (χ1) is 8.37. The molecule has 1 aromatic heterocycles. The second kappa shape index (κ2) is 6.01. The van der Waals surface area contributed by atoms with E-state index in [9.17, 15) is 0 Å². The van der Waals surface area contributed by atoms with E-state index in [1.54, 1.807) is 0 Å². The van der Waals surface area contributed by atoms with E-state index in [0.29, 0.717) is 0 Å². The highest BCUT2D eigenvalue weighted by Gasteiger charge is 2.18. The van der Waals surface area contributed by atoms with Gasteiger partial charge in [0.15, 0.2) is 0 Å². The first-order valence-electron chi connectivity index (χ1n) is 6.45. The first-order valence-corrected chi connectivity index (χ1v) is 6.45. The monoisotopic (exact) mass is 249 g/mol. The summed E-state index contributed by atoms with van der Waals surface area (Å²) in [6.07, 6.45) is 1.90. The fourth-order valence-corrected chi connectivity index (χ4v) is 2.12. The highest BCUT2D eigenvalue weighted by Crippen LogP contribution is 2.22. The lowest BCUT2D eigenvalue weighted by Gasteiger charge is -2.17. The Kier molecular flexibility index (Phi) is 4.92. The van der Waals surface area contributed by atoms with Crippen LogP contribution in [0.2, 0.25) is 0 Å². The summed E-state index contributed by atoms with van der Waals surface area (Å²) < 4.78 is 5.16. The molecule has 1 aromatic rings. The Labute approximate surface area is 109 Å². The van der Waals surface area contributed by atoms with Gasteiger partial charge < -0.3 is 9.84 Å². The van der Waals surface area contributed by atoms with E-state index in [2.05, 4.69) is 23.5 Å². The van der Waals surface area contributed by atoms with Gasteiger partial charge in [-0.05, 0) is 54.0 Å². The molecule has 1 rings (SSSR count). The number of hydrogen-bond acceptors (Lipinski definition) is 4. The fraction of sp³-hybridized carbons (Fsp3) is 0.714. The summed E-state index contributed by atoms with van der Waals surface area (Å²) in [5, 5.41) is 16.3. The molecule has 0 fully saturated rings. The van der Waals surface area contributed by atoms with Gasteiger partial charge in [-0.15, -0.1) is 0 Å². The second-order valence-electron chi connectivity index (χ2n) is 5.51. The zero-order valence-corrected chi connectivity index (χ0v) is 12.0. The van der Waals surface area contributed by atoms with Crippen LogP contribution in [0.15, 0.2) is 4.52 Å². The number of nitrogens with zero attached hydrogens (tertiary/aromatic N) is 2. The van der Waals surface area contributed by atoms with Gasteiger partial charge in [-0.3, -0.25) is 0 Å². The van der Waals surface area contributed by atoms with Crippen molar-refractivity contribution in [3.05, 3.63) is 17.0 Å². The smallest absolute Gasteiger partial charge is 0.138 e. The molecule has 0 spiro atoms. The molecular weight excluding hydrogens is 226 g/mol. The molecule has 0 bridgehead atoms. The van der Waals surface area contributed by atoms with Gasteiger partial charge >= 0.3 is 0 Å². The standard InChI is InChI=1S/C14H23N3O/c1-10(13-11(2)17-18-12(13)3)16-8-6-7-14(4,5)9-15/h10,16H,6-8H2,1-5H3. The predicted molar refractivity (Wildman–Crippen MR) is 71.0 cm³/mol. The molecule has 18 heavy (non-hydrogen) atoms. The van der Waals surface area contributed by atoms with Crippen LogP contribution in [0.3, 0.4) is 0 Å². The molecule has 0 aliphatic carbocycles. The van der Waals surface area contributed by atoms with Crippen molar-refractivity contribution in [2.45, 2.75) is 53.5 Å². The Balaban J connectivity index is 2.39. The van der Waals surface area contributed by atoms with Crippen molar-refractivity contribution < 1.29 is 4.52 Å². The van der Waals surface area contributed by atoms with Crippen molar-refractivity contribution in [2.75, 3.05) is 6.54 Å². The van der Waals surface area contributed by atoms with Gasteiger partial charge in [-0.2, -0.15) is 5.26 Å². The zero-order valence-electron chi connectivity index (χ0n) is 12.0. The number of rotatable bonds is 6. The zero-order chi connectivity index (χ0) is 13.8. The van der Waals surface area contributed by atoms with Crippen molar-refractivity contribution in [3.8, 4) is 6.07 Å². The van der Waals surface area contributed by atoms with Crippen molar-refractivity contribution >= 4 is 0 Å². The molecular formula is C14H23N3O. The van der Waals surface area contributed by atoms with Crippen molar-refractivity contribution in [2.24, 2.45) is 5.41 Å². The number of aryl methyl sites for hydroxylation is 2. The molecule has 0 aromatic carbocycles. The summed E-state index contributed by atoms with van der Waals surface area (Å²) >= 11 is 0. The third-order valence-electron chi connectivity index (χ3n) is 3.25. The van der Waals surface area contributed by atoms with Crippen molar-refractivity contribution in [1.29, 1.82) is 5.26 Å². The lowest BCUT2D eigenvalue weighted by Crippen LogP contribution is -2.22. The molecule has 0 saturated carbocycles. The molecule has 1 N–H and O–H groups in total. The molecule has 4 heteroatoms. The summed E-state index contributed by atoms with van der Waals surface area (Å²) in [5.74, 6) is 0.879. The lowest BCUT2D eigenvalue weighted by atomic mass is 9.90. The van der Waals surface area contributed by atoms with Crippen LogP contribution in [0, 0.1) is 30.6 Å². The molecule has 100 valence electrons. The highest BCUT2D eigenvalue weighted by molar-refractivity contribution is 5.24. The maximum Gasteiger partial charge on any atom is 0.138 e. The second-order valence-corrected chi connectivity index (χ2v) is 5.51. The predicted octanol–water partition coefficient (Wildman–Crippen LogP) is 3.27. The fourth-order valence-electron chi connectivity index (χ4n) is 2.12. The average molecular weight is 249 g/mol. The maximum absolute atomic E-state index is 8.93. The average Bonchev–Trinajstić information content (AvgIpc) is 2.64. The third-order valence-corrected chi connectivity index (χ3v) is 3.25. The largest absolute Gasteiger partial charge is 0.361 e. The van der Waals surface area contributed by atoms with Crippen LogP contribution in [0.25, 0.3) is 0 Å². The summed E-state index contributed by atoms with van der Waals surface area (Å²) in [6.45, 7) is 10.9. The first kappa shape index (κ1) is 14.7. The minimum Gasteiger partial charge on any atom is -0.361 e. The molecule has 4 nitrogen and oxygen atoms in total. The molecule has 0 radical (unpaired) electrons. The normalized spacial score (nSPS) is 13.3. The van der Waals surface area contributed by atoms with Gasteiger partial charge in [-0.1, -0.05) is 5.16 Å². The molecule has 1 unspecified atom stereocenters. The Hall–Kier alpha value is -1.34. The van der Waals surface area contributed by atoms with E-state index in [4.69, 9.17) is 9.78 Å². The van der Waals surface area contributed by atoms with Gasteiger partial charge in [0.05, 0.1) is 17.2 Å². The van der Waals surface area contributed by atoms with Gasteiger partial charge in [0.1, 0.15) is 5.76 Å². The maximum atomic E-state index is 8.93.